The minimum absolute atomic E-state index is 0.0155. The van der Waals surface area contributed by atoms with Gasteiger partial charge in [-0.2, -0.15) is 0 Å². The minimum atomic E-state index is -0.486. The summed E-state index contributed by atoms with van der Waals surface area (Å²) in [7, 11) is 0. The van der Waals surface area contributed by atoms with E-state index in [2.05, 4.69) is 10.6 Å². The van der Waals surface area contributed by atoms with Crippen LogP contribution in [0.3, 0.4) is 0 Å². The lowest BCUT2D eigenvalue weighted by Crippen LogP contribution is -2.55. The van der Waals surface area contributed by atoms with Crippen LogP contribution in [0.25, 0.3) is 0 Å². The maximum absolute atomic E-state index is 12.2. The van der Waals surface area contributed by atoms with Crippen LogP contribution in [-0.2, 0) is 4.79 Å². The monoisotopic (exact) mass is 281 g/mol. The molecule has 19 heavy (non-hydrogen) atoms. The number of hydrogen-bond acceptors (Lipinski definition) is 4. The fourth-order valence-corrected chi connectivity index (χ4v) is 2.77. The zero-order valence-corrected chi connectivity index (χ0v) is 12.0. The van der Waals surface area contributed by atoms with Crippen molar-refractivity contribution in [2.45, 2.75) is 25.9 Å². The van der Waals surface area contributed by atoms with Gasteiger partial charge in [0, 0.05) is 25.7 Å². The molecule has 0 aliphatic carbocycles. The molecule has 1 aliphatic rings. The van der Waals surface area contributed by atoms with E-state index in [-0.39, 0.29) is 11.8 Å². The predicted octanol–water partition coefficient (Wildman–Crippen LogP) is 0.687. The lowest BCUT2D eigenvalue weighted by Gasteiger charge is -2.33. The second kappa shape index (κ2) is 6.16. The number of hydrogen-bond donors (Lipinski definition) is 2. The Morgan fingerprint density at radius 3 is 3.00 bits per heavy atom. The summed E-state index contributed by atoms with van der Waals surface area (Å²) in [5.41, 5.74) is 0. The standard InChI is InChI=1S/C13H19N3O2S/c1-9-8-16(6-5-14-9)13(18)10(2)15-12(17)11-4-3-7-19-11/h3-4,7,9-10,14H,5-6,8H2,1-2H3,(H,15,17). The third-order valence-corrected chi connectivity index (χ3v) is 4.01. The summed E-state index contributed by atoms with van der Waals surface area (Å²) in [6.07, 6.45) is 0. The van der Waals surface area contributed by atoms with Crippen molar-refractivity contribution >= 4 is 23.2 Å². The molecule has 1 aromatic heterocycles. The Bertz CT molecular complexity index is 447. The van der Waals surface area contributed by atoms with Gasteiger partial charge in [-0.15, -0.1) is 11.3 Å². The summed E-state index contributed by atoms with van der Waals surface area (Å²) in [6, 6.07) is 3.39. The molecule has 2 rings (SSSR count). The summed E-state index contributed by atoms with van der Waals surface area (Å²) in [6.45, 7) is 5.98. The van der Waals surface area contributed by atoms with E-state index in [9.17, 15) is 9.59 Å². The first-order valence-corrected chi connectivity index (χ1v) is 7.32. The van der Waals surface area contributed by atoms with Crippen molar-refractivity contribution < 1.29 is 9.59 Å². The Labute approximate surface area is 117 Å². The van der Waals surface area contributed by atoms with Crippen LogP contribution in [0.5, 0.6) is 0 Å². The van der Waals surface area contributed by atoms with Gasteiger partial charge in [0.2, 0.25) is 5.91 Å². The first kappa shape index (κ1) is 14.0. The van der Waals surface area contributed by atoms with Gasteiger partial charge in [-0.25, -0.2) is 0 Å². The molecular weight excluding hydrogens is 262 g/mol. The molecule has 2 heterocycles. The van der Waals surface area contributed by atoms with Crippen molar-refractivity contribution in [2.24, 2.45) is 0 Å². The summed E-state index contributed by atoms with van der Waals surface area (Å²) in [4.78, 5) is 26.6. The van der Waals surface area contributed by atoms with Crippen LogP contribution in [0.2, 0.25) is 0 Å². The number of amides is 2. The topological polar surface area (TPSA) is 61.4 Å². The Morgan fingerprint density at radius 1 is 1.58 bits per heavy atom. The molecule has 2 N–H and O–H groups in total. The third kappa shape index (κ3) is 3.54. The maximum Gasteiger partial charge on any atom is 0.261 e. The van der Waals surface area contributed by atoms with Crippen LogP contribution in [0.15, 0.2) is 17.5 Å². The summed E-state index contributed by atoms with van der Waals surface area (Å²) in [5.74, 6) is -0.197. The zero-order valence-electron chi connectivity index (χ0n) is 11.2. The van der Waals surface area contributed by atoms with Crippen molar-refractivity contribution in [3.8, 4) is 0 Å². The van der Waals surface area contributed by atoms with Crippen LogP contribution < -0.4 is 10.6 Å². The highest BCUT2D eigenvalue weighted by atomic mass is 32.1. The molecule has 0 aromatic carbocycles. The third-order valence-electron chi connectivity index (χ3n) is 3.14. The molecule has 5 nitrogen and oxygen atoms in total. The molecule has 1 fully saturated rings. The maximum atomic E-state index is 12.2. The molecule has 1 aromatic rings. The molecule has 2 unspecified atom stereocenters. The fraction of sp³-hybridized carbons (Fsp3) is 0.538. The van der Waals surface area contributed by atoms with Gasteiger partial charge in [-0.3, -0.25) is 9.59 Å². The van der Waals surface area contributed by atoms with E-state index in [0.29, 0.717) is 24.0 Å². The number of thiophene rings is 1. The largest absolute Gasteiger partial charge is 0.340 e. The number of piperazine rings is 1. The van der Waals surface area contributed by atoms with E-state index in [1.807, 2.05) is 18.4 Å². The molecule has 1 aliphatic heterocycles. The average Bonchev–Trinajstić information content (AvgIpc) is 2.91. The van der Waals surface area contributed by atoms with Gasteiger partial charge in [-0.1, -0.05) is 6.07 Å². The van der Waals surface area contributed by atoms with E-state index in [4.69, 9.17) is 0 Å². The second-order valence-corrected chi connectivity index (χ2v) is 5.76. The predicted molar refractivity (Wildman–Crippen MR) is 75.3 cm³/mol. The molecular formula is C13H19N3O2S. The van der Waals surface area contributed by atoms with Crippen LogP contribution in [-0.4, -0.2) is 48.4 Å². The molecule has 0 saturated carbocycles. The number of nitrogens with one attached hydrogen (secondary N) is 2. The fourth-order valence-electron chi connectivity index (χ4n) is 2.14. The SMILES string of the molecule is CC1CN(C(=O)C(C)NC(=O)c2cccs2)CCN1. The Kier molecular flexibility index (Phi) is 4.55. The quantitative estimate of drug-likeness (QED) is 0.857. The highest BCUT2D eigenvalue weighted by Crippen LogP contribution is 2.09. The zero-order chi connectivity index (χ0) is 13.8. The van der Waals surface area contributed by atoms with Gasteiger partial charge in [0.15, 0.2) is 0 Å². The van der Waals surface area contributed by atoms with Crippen molar-refractivity contribution in [1.29, 1.82) is 0 Å². The minimum Gasteiger partial charge on any atom is -0.340 e. The van der Waals surface area contributed by atoms with Crippen LogP contribution in [0, 0.1) is 0 Å². The second-order valence-electron chi connectivity index (χ2n) is 4.81. The lowest BCUT2D eigenvalue weighted by atomic mass is 10.2. The summed E-state index contributed by atoms with van der Waals surface area (Å²) >= 11 is 1.37. The molecule has 2 amide bonds. The first-order valence-electron chi connectivity index (χ1n) is 6.44. The Morgan fingerprint density at radius 2 is 2.37 bits per heavy atom. The summed E-state index contributed by atoms with van der Waals surface area (Å²) < 4.78 is 0. The molecule has 0 radical (unpaired) electrons. The summed E-state index contributed by atoms with van der Waals surface area (Å²) in [5, 5.41) is 7.89. The van der Waals surface area contributed by atoms with Gasteiger partial charge in [0.1, 0.15) is 6.04 Å². The van der Waals surface area contributed by atoms with E-state index in [1.54, 1.807) is 17.9 Å². The number of carbonyl (C=O) groups excluding carboxylic acids is 2. The van der Waals surface area contributed by atoms with Crippen molar-refractivity contribution in [2.75, 3.05) is 19.6 Å². The van der Waals surface area contributed by atoms with Gasteiger partial charge in [-0.05, 0) is 25.3 Å². The van der Waals surface area contributed by atoms with E-state index in [0.717, 1.165) is 6.54 Å². The van der Waals surface area contributed by atoms with E-state index in [1.165, 1.54) is 11.3 Å². The smallest absolute Gasteiger partial charge is 0.261 e. The highest BCUT2D eigenvalue weighted by molar-refractivity contribution is 7.12. The Balaban J connectivity index is 1.90. The number of rotatable bonds is 3. The Hall–Kier alpha value is -1.40. The lowest BCUT2D eigenvalue weighted by molar-refractivity contribution is -0.133. The first-order chi connectivity index (χ1) is 9.08. The van der Waals surface area contributed by atoms with Gasteiger partial charge in [0.25, 0.3) is 5.91 Å². The van der Waals surface area contributed by atoms with Crippen LogP contribution in [0.4, 0.5) is 0 Å². The van der Waals surface area contributed by atoms with Crippen molar-refractivity contribution in [3.63, 3.8) is 0 Å². The normalized spacial score (nSPS) is 20.9. The van der Waals surface area contributed by atoms with Gasteiger partial charge >= 0.3 is 0 Å². The molecule has 1 saturated heterocycles. The van der Waals surface area contributed by atoms with Gasteiger partial charge in [0.05, 0.1) is 4.88 Å². The molecule has 2 atom stereocenters. The van der Waals surface area contributed by atoms with E-state index >= 15 is 0 Å². The van der Waals surface area contributed by atoms with Gasteiger partial charge < -0.3 is 15.5 Å². The average molecular weight is 281 g/mol. The van der Waals surface area contributed by atoms with E-state index < -0.39 is 6.04 Å². The number of carbonyl (C=O) groups is 2. The molecule has 6 heteroatoms. The van der Waals surface area contributed by atoms with Crippen molar-refractivity contribution in [1.82, 2.24) is 15.5 Å². The molecule has 0 bridgehead atoms. The molecule has 104 valence electrons. The van der Waals surface area contributed by atoms with Crippen molar-refractivity contribution in [3.05, 3.63) is 22.4 Å². The highest BCUT2D eigenvalue weighted by Gasteiger charge is 2.25. The van der Waals surface area contributed by atoms with Crippen LogP contribution in [0.1, 0.15) is 23.5 Å². The van der Waals surface area contributed by atoms with Crippen LogP contribution >= 0.6 is 11.3 Å². The number of nitrogens with zero attached hydrogens (tertiary/aromatic N) is 1. The molecule has 0 spiro atoms.